The van der Waals surface area contributed by atoms with E-state index in [1.807, 2.05) is 12.1 Å². The second kappa shape index (κ2) is 5.22. The summed E-state index contributed by atoms with van der Waals surface area (Å²) >= 11 is 0. The molecule has 0 amide bonds. The molecule has 0 atom stereocenters. The largest absolute Gasteiger partial charge is 0.494 e. The van der Waals surface area contributed by atoms with Crippen molar-refractivity contribution in [3.63, 3.8) is 0 Å². The van der Waals surface area contributed by atoms with E-state index in [-0.39, 0.29) is 23.7 Å². The molecule has 1 aliphatic carbocycles. The van der Waals surface area contributed by atoms with Gasteiger partial charge in [-0.25, -0.2) is 0 Å². The van der Waals surface area contributed by atoms with Gasteiger partial charge in [-0.2, -0.15) is 5.26 Å². The molecule has 2 aliphatic rings. The molecule has 0 bridgehead atoms. The molecule has 132 valence electrons. The van der Waals surface area contributed by atoms with Crippen molar-refractivity contribution in [1.29, 1.82) is 5.26 Å². The Labute approximate surface area is 156 Å². The fourth-order valence-corrected chi connectivity index (χ4v) is 3.95. The number of nitriles is 1. The van der Waals surface area contributed by atoms with E-state index in [0.29, 0.717) is 5.56 Å². The second-order valence-electron chi connectivity index (χ2n) is 8.89. The third kappa shape index (κ3) is 2.27. The highest BCUT2D eigenvalue weighted by molar-refractivity contribution is 6.62. The lowest BCUT2D eigenvalue weighted by atomic mass is 9.74. The molecule has 0 unspecified atom stereocenters. The van der Waals surface area contributed by atoms with Crippen molar-refractivity contribution in [3.05, 3.63) is 53.1 Å². The summed E-state index contributed by atoms with van der Waals surface area (Å²) in [6.07, 6.45) is 0. The highest BCUT2D eigenvalue weighted by atomic mass is 16.7. The molecule has 0 radical (unpaired) electrons. The van der Waals surface area contributed by atoms with Crippen molar-refractivity contribution in [1.82, 2.24) is 0 Å². The van der Waals surface area contributed by atoms with Gasteiger partial charge < -0.3 is 9.31 Å². The maximum absolute atomic E-state index is 9.26. The van der Waals surface area contributed by atoms with Crippen molar-refractivity contribution >= 4 is 12.6 Å². The standard InChI is InChI=1S/C22H24BNO2/c1-20(2)18-11-14(13-24)7-9-16(18)17-10-8-15(12-19(17)20)23-25-21(3,4)22(5,6)26-23/h7-12H,1-6H3. The highest BCUT2D eigenvalue weighted by Gasteiger charge is 2.52. The van der Waals surface area contributed by atoms with Crippen LogP contribution in [0, 0.1) is 11.3 Å². The lowest BCUT2D eigenvalue weighted by molar-refractivity contribution is 0.00578. The zero-order chi connectivity index (χ0) is 18.9. The first kappa shape index (κ1) is 17.3. The van der Waals surface area contributed by atoms with E-state index >= 15 is 0 Å². The third-order valence-electron chi connectivity index (χ3n) is 6.35. The van der Waals surface area contributed by atoms with Gasteiger partial charge >= 0.3 is 7.12 Å². The van der Waals surface area contributed by atoms with Crippen LogP contribution in [-0.4, -0.2) is 18.3 Å². The van der Waals surface area contributed by atoms with Gasteiger partial charge in [0.25, 0.3) is 0 Å². The minimum atomic E-state index is -0.362. The molecule has 0 spiro atoms. The van der Waals surface area contributed by atoms with Crippen LogP contribution in [0.5, 0.6) is 0 Å². The monoisotopic (exact) mass is 345 g/mol. The lowest BCUT2D eigenvalue weighted by Crippen LogP contribution is -2.41. The smallest absolute Gasteiger partial charge is 0.399 e. The van der Waals surface area contributed by atoms with E-state index in [1.54, 1.807) is 0 Å². The number of rotatable bonds is 1. The maximum Gasteiger partial charge on any atom is 0.494 e. The number of fused-ring (bicyclic) bond motifs is 3. The average molecular weight is 345 g/mol. The Morgan fingerprint density at radius 3 is 1.92 bits per heavy atom. The molecule has 3 nitrogen and oxygen atoms in total. The van der Waals surface area contributed by atoms with Crippen LogP contribution in [0.2, 0.25) is 0 Å². The van der Waals surface area contributed by atoms with Crippen LogP contribution in [0.25, 0.3) is 11.1 Å². The molecule has 1 heterocycles. The van der Waals surface area contributed by atoms with Crippen LogP contribution in [0.3, 0.4) is 0 Å². The van der Waals surface area contributed by atoms with Gasteiger partial charge in [-0.05, 0) is 67.5 Å². The van der Waals surface area contributed by atoms with Crippen LogP contribution in [0.4, 0.5) is 0 Å². The van der Waals surface area contributed by atoms with Crippen LogP contribution in [0.1, 0.15) is 58.2 Å². The van der Waals surface area contributed by atoms with Gasteiger partial charge in [0.2, 0.25) is 0 Å². The van der Waals surface area contributed by atoms with Crippen molar-refractivity contribution in [2.75, 3.05) is 0 Å². The van der Waals surface area contributed by atoms with Gasteiger partial charge in [-0.15, -0.1) is 0 Å². The van der Waals surface area contributed by atoms with Crippen LogP contribution in [-0.2, 0) is 14.7 Å². The summed E-state index contributed by atoms with van der Waals surface area (Å²) < 4.78 is 12.5. The molecule has 0 saturated carbocycles. The van der Waals surface area contributed by atoms with Gasteiger partial charge in [0.15, 0.2) is 0 Å². The van der Waals surface area contributed by atoms with Gasteiger partial charge in [0, 0.05) is 5.41 Å². The van der Waals surface area contributed by atoms with E-state index in [2.05, 4.69) is 71.9 Å². The Hall–Kier alpha value is -2.09. The summed E-state index contributed by atoms with van der Waals surface area (Å²) in [5.74, 6) is 0. The molecule has 1 fully saturated rings. The van der Waals surface area contributed by atoms with Crippen LogP contribution < -0.4 is 5.46 Å². The molecule has 4 rings (SSSR count). The number of benzene rings is 2. The van der Waals surface area contributed by atoms with Crippen molar-refractivity contribution in [2.24, 2.45) is 0 Å². The average Bonchev–Trinajstić information content (AvgIpc) is 2.94. The summed E-state index contributed by atoms with van der Waals surface area (Å²) in [5, 5.41) is 9.26. The first-order chi connectivity index (χ1) is 12.1. The van der Waals surface area contributed by atoms with Crippen LogP contribution >= 0.6 is 0 Å². The second-order valence-corrected chi connectivity index (χ2v) is 8.89. The molecule has 0 N–H and O–H groups in total. The summed E-state index contributed by atoms with van der Waals surface area (Å²) in [4.78, 5) is 0. The van der Waals surface area contributed by atoms with Crippen molar-refractivity contribution < 1.29 is 9.31 Å². The summed E-state index contributed by atoms with van der Waals surface area (Å²) in [6, 6.07) is 14.7. The molecule has 0 aromatic heterocycles. The van der Waals surface area contributed by atoms with E-state index in [0.717, 1.165) is 5.46 Å². The summed E-state index contributed by atoms with van der Waals surface area (Å²) in [5.41, 5.74) is 5.80. The Bertz CT molecular complexity index is 937. The molecular weight excluding hydrogens is 321 g/mol. The number of hydrogen-bond acceptors (Lipinski definition) is 3. The Balaban J connectivity index is 1.79. The predicted octanol–water partition coefficient (Wildman–Crippen LogP) is 4.16. The minimum Gasteiger partial charge on any atom is -0.399 e. The number of nitrogens with zero attached hydrogens (tertiary/aromatic N) is 1. The molecule has 1 saturated heterocycles. The first-order valence-electron chi connectivity index (χ1n) is 9.12. The minimum absolute atomic E-state index is 0.156. The van der Waals surface area contributed by atoms with Gasteiger partial charge in [-0.1, -0.05) is 38.1 Å². The van der Waals surface area contributed by atoms with Gasteiger partial charge in [-0.3, -0.25) is 0 Å². The Morgan fingerprint density at radius 2 is 1.35 bits per heavy atom. The molecular formula is C22H24BNO2. The van der Waals surface area contributed by atoms with E-state index in [9.17, 15) is 5.26 Å². The number of hydrogen-bond donors (Lipinski definition) is 0. The zero-order valence-corrected chi connectivity index (χ0v) is 16.3. The Kier molecular flexibility index (Phi) is 3.48. The molecule has 2 aromatic rings. The quantitative estimate of drug-likeness (QED) is 0.729. The third-order valence-corrected chi connectivity index (χ3v) is 6.35. The topological polar surface area (TPSA) is 42.2 Å². The zero-order valence-electron chi connectivity index (χ0n) is 16.3. The van der Waals surface area contributed by atoms with Crippen LogP contribution in [0.15, 0.2) is 36.4 Å². The Morgan fingerprint density at radius 1 is 0.808 bits per heavy atom. The van der Waals surface area contributed by atoms with E-state index in [4.69, 9.17) is 9.31 Å². The van der Waals surface area contributed by atoms with Crippen molar-refractivity contribution in [2.45, 2.75) is 58.2 Å². The molecule has 2 aromatic carbocycles. The summed E-state index contributed by atoms with van der Waals surface area (Å²) in [7, 11) is -0.362. The summed E-state index contributed by atoms with van der Waals surface area (Å²) in [6.45, 7) is 12.7. The molecule has 26 heavy (non-hydrogen) atoms. The fraction of sp³-hybridized carbons (Fsp3) is 0.409. The van der Waals surface area contributed by atoms with E-state index < -0.39 is 0 Å². The maximum atomic E-state index is 9.26. The van der Waals surface area contributed by atoms with E-state index in [1.165, 1.54) is 22.3 Å². The highest BCUT2D eigenvalue weighted by Crippen LogP contribution is 2.48. The fourth-order valence-electron chi connectivity index (χ4n) is 3.95. The SMILES string of the molecule is CC1(C)c2cc(C#N)ccc2-c2ccc(B3OC(C)(C)C(C)(C)O3)cc21. The predicted molar refractivity (Wildman–Crippen MR) is 104 cm³/mol. The molecule has 4 heteroatoms. The lowest BCUT2D eigenvalue weighted by Gasteiger charge is -2.32. The first-order valence-corrected chi connectivity index (χ1v) is 9.12. The van der Waals surface area contributed by atoms with Gasteiger partial charge in [0.1, 0.15) is 0 Å². The molecule has 1 aliphatic heterocycles. The van der Waals surface area contributed by atoms with Crippen molar-refractivity contribution in [3.8, 4) is 17.2 Å². The van der Waals surface area contributed by atoms with Gasteiger partial charge in [0.05, 0.1) is 22.8 Å². The normalized spacial score (nSPS) is 21.2.